The minimum absolute atomic E-state index is 0.0698. The van der Waals surface area contributed by atoms with Crippen molar-refractivity contribution in [3.8, 4) is 5.95 Å². The van der Waals surface area contributed by atoms with Crippen LogP contribution in [0.3, 0.4) is 0 Å². The second-order valence-electron chi connectivity index (χ2n) is 7.38. The van der Waals surface area contributed by atoms with Gasteiger partial charge >= 0.3 is 6.09 Å². The second kappa shape index (κ2) is 7.50. The van der Waals surface area contributed by atoms with E-state index in [0.29, 0.717) is 12.6 Å². The average Bonchev–Trinajstić information content (AvgIpc) is 3.39. The van der Waals surface area contributed by atoms with Crippen LogP contribution in [0.1, 0.15) is 30.4 Å². The highest BCUT2D eigenvalue weighted by molar-refractivity contribution is 5.74. The molecule has 1 aromatic carbocycles. The van der Waals surface area contributed by atoms with E-state index in [9.17, 15) is 4.79 Å². The van der Waals surface area contributed by atoms with Crippen molar-refractivity contribution >= 4 is 11.7 Å². The maximum Gasteiger partial charge on any atom is 0.410 e. The molecule has 2 aliphatic rings. The molecule has 29 heavy (non-hydrogen) atoms. The standard InChI is InChI=1S/C22H21N5O2/c28-22(29-14-16-4-2-1-3-5-16)27-19-6-7-20(27)11-17(10-19)18-12-24-21(25-13-18)26-9-8-23-15-26/h1-5,8-10,12-13,15,19-20H,6-7,11,14H2. The molecular formula is C22H21N5O2. The van der Waals surface area contributed by atoms with Crippen molar-refractivity contribution < 1.29 is 9.53 Å². The van der Waals surface area contributed by atoms with Gasteiger partial charge in [0, 0.05) is 36.4 Å². The molecule has 5 rings (SSSR count). The van der Waals surface area contributed by atoms with E-state index in [4.69, 9.17) is 4.74 Å². The largest absolute Gasteiger partial charge is 0.445 e. The van der Waals surface area contributed by atoms with Gasteiger partial charge in [0.1, 0.15) is 12.9 Å². The summed E-state index contributed by atoms with van der Waals surface area (Å²) in [6, 6.07) is 10.0. The molecule has 0 radical (unpaired) electrons. The zero-order chi connectivity index (χ0) is 19.6. The minimum Gasteiger partial charge on any atom is -0.445 e. The fourth-order valence-electron chi connectivity index (χ4n) is 4.12. The molecule has 0 aliphatic carbocycles. The van der Waals surface area contributed by atoms with Crippen molar-refractivity contribution in [2.75, 3.05) is 0 Å². The van der Waals surface area contributed by atoms with Crippen molar-refractivity contribution in [2.45, 2.75) is 38.0 Å². The van der Waals surface area contributed by atoms with Gasteiger partial charge in [0.05, 0.1) is 6.04 Å². The van der Waals surface area contributed by atoms with E-state index in [0.717, 1.165) is 30.4 Å². The van der Waals surface area contributed by atoms with Gasteiger partial charge in [-0.1, -0.05) is 36.4 Å². The first-order chi connectivity index (χ1) is 14.3. The van der Waals surface area contributed by atoms with Gasteiger partial charge in [0.2, 0.25) is 5.95 Å². The lowest BCUT2D eigenvalue weighted by Crippen LogP contribution is -2.43. The zero-order valence-corrected chi connectivity index (χ0v) is 15.9. The van der Waals surface area contributed by atoms with E-state index in [1.54, 1.807) is 17.1 Å². The Hall–Kier alpha value is -3.48. The first kappa shape index (κ1) is 17.6. The Kier molecular flexibility index (Phi) is 4.56. The van der Waals surface area contributed by atoms with Gasteiger partial charge in [-0.15, -0.1) is 0 Å². The number of imidazole rings is 1. The molecule has 2 unspecified atom stereocenters. The molecule has 4 heterocycles. The van der Waals surface area contributed by atoms with Gasteiger partial charge in [-0.2, -0.15) is 0 Å². The van der Waals surface area contributed by atoms with Crippen LogP contribution in [0.5, 0.6) is 0 Å². The molecule has 1 fully saturated rings. The molecule has 0 N–H and O–H groups in total. The number of ether oxygens (including phenoxy) is 1. The molecule has 7 heteroatoms. The maximum atomic E-state index is 12.7. The Morgan fingerprint density at radius 3 is 2.69 bits per heavy atom. The Bertz CT molecular complexity index is 1020. The summed E-state index contributed by atoms with van der Waals surface area (Å²) in [4.78, 5) is 27.5. The minimum atomic E-state index is -0.233. The van der Waals surface area contributed by atoms with E-state index in [1.165, 1.54) is 5.57 Å². The van der Waals surface area contributed by atoms with Crippen molar-refractivity contribution in [1.82, 2.24) is 24.4 Å². The summed E-state index contributed by atoms with van der Waals surface area (Å²) in [7, 11) is 0. The van der Waals surface area contributed by atoms with Crippen LogP contribution in [0.25, 0.3) is 11.5 Å². The average molecular weight is 387 g/mol. The third-order valence-corrected chi connectivity index (χ3v) is 5.56. The molecule has 2 bridgehead atoms. The molecule has 0 saturated carbocycles. The molecule has 0 spiro atoms. The third kappa shape index (κ3) is 3.51. The predicted octanol–water partition coefficient (Wildman–Crippen LogP) is 3.62. The molecule has 2 atom stereocenters. The lowest BCUT2D eigenvalue weighted by Gasteiger charge is -2.33. The van der Waals surface area contributed by atoms with Gasteiger partial charge in [-0.05, 0) is 30.4 Å². The summed E-state index contributed by atoms with van der Waals surface area (Å²) in [5, 5.41) is 0. The van der Waals surface area contributed by atoms with Crippen LogP contribution in [0.2, 0.25) is 0 Å². The van der Waals surface area contributed by atoms with Crippen LogP contribution in [-0.2, 0) is 11.3 Å². The lowest BCUT2D eigenvalue weighted by atomic mass is 9.97. The zero-order valence-electron chi connectivity index (χ0n) is 15.9. The molecule has 3 aromatic rings. The summed E-state index contributed by atoms with van der Waals surface area (Å²) in [5.41, 5.74) is 3.20. The second-order valence-corrected chi connectivity index (χ2v) is 7.38. The summed E-state index contributed by atoms with van der Waals surface area (Å²) in [5.74, 6) is 0.594. The molecule has 2 aromatic heterocycles. The number of rotatable bonds is 4. The van der Waals surface area contributed by atoms with Crippen molar-refractivity contribution in [1.29, 1.82) is 0 Å². The van der Waals surface area contributed by atoms with Gasteiger partial charge in [0.15, 0.2) is 0 Å². The van der Waals surface area contributed by atoms with Gasteiger partial charge < -0.3 is 4.74 Å². The maximum absolute atomic E-state index is 12.7. The summed E-state index contributed by atoms with van der Waals surface area (Å²) < 4.78 is 7.34. The summed E-state index contributed by atoms with van der Waals surface area (Å²) >= 11 is 0. The van der Waals surface area contributed by atoms with E-state index in [-0.39, 0.29) is 18.2 Å². The van der Waals surface area contributed by atoms with E-state index >= 15 is 0 Å². The van der Waals surface area contributed by atoms with Crippen LogP contribution >= 0.6 is 0 Å². The normalized spacial score (nSPS) is 20.4. The highest BCUT2D eigenvalue weighted by atomic mass is 16.6. The van der Waals surface area contributed by atoms with Crippen LogP contribution in [0.4, 0.5) is 4.79 Å². The number of carbonyl (C=O) groups is 1. The fourth-order valence-corrected chi connectivity index (χ4v) is 4.12. The number of hydrogen-bond donors (Lipinski definition) is 0. The molecule has 146 valence electrons. The quantitative estimate of drug-likeness (QED) is 0.684. The van der Waals surface area contributed by atoms with Gasteiger partial charge in [-0.25, -0.2) is 19.7 Å². The van der Waals surface area contributed by atoms with Crippen LogP contribution in [0, 0.1) is 0 Å². The van der Waals surface area contributed by atoms with Crippen molar-refractivity contribution in [3.05, 3.63) is 78.6 Å². The highest BCUT2D eigenvalue weighted by Crippen LogP contribution is 2.38. The Morgan fingerprint density at radius 2 is 1.97 bits per heavy atom. The molecule has 1 amide bonds. The van der Waals surface area contributed by atoms with Crippen LogP contribution in [0.15, 0.2) is 67.5 Å². The Labute approximate surface area is 168 Å². The van der Waals surface area contributed by atoms with E-state index < -0.39 is 0 Å². The smallest absolute Gasteiger partial charge is 0.410 e. The fraction of sp³-hybridized carbons (Fsp3) is 0.273. The molecule has 1 saturated heterocycles. The third-order valence-electron chi connectivity index (χ3n) is 5.56. The van der Waals surface area contributed by atoms with Crippen molar-refractivity contribution in [2.24, 2.45) is 0 Å². The highest BCUT2D eigenvalue weighted by Gasteiger charge is 2.40. The molecule has 7 nitrogen and oxygen atoms in total. The molecule has 2 aliphatic heterocycles. The number of nitrogens with zero attached hydrogens (tertiary/aromatic N) is 5. The number of hydrogen-bond acceptors (Lipinski definition) is 5. The number of carbonyl (C=O) groups excluding carboxylic acids is 1. The van der Waals surface area contributed by atoms with Crippen molar-refractivity contribution in [3.63, 3.8) is 0 Å². The summed E-state index contributed by atoms with van der Waals surface area (Å²) in [6.45, 7) is 0.301. The first-order valence-electron chi connectivity index (χ1n) is 9.78. The van der Waals surface area contributed by atoms with Crippen LogP contribution in [-0.4, -0.2) is 42.6 Å². The monoisotopic (exact) mass is 387 g/mol. The first-order valence-corrected chi connectivity index (χ1v) is 9.78. The van der Waals surface area contributed by atoms with Crippen LogP contribution < -0.4 is 0 Å². The topological polar surface area (TPSA) is 73.1 Å². The van der Waals surface area contributed by atoms with Gasteiger partial charge in [0.25, 0.3) is 0 Å². The predicted molar refractivity (Wildman–Crippen MR) is 107 cm³/mol. The Balaban J connectivity index is 1.28. The van der Waals surface area contributed by atoms with Gasteiger partial charge in [-0.3, -0.25) is 9.47 Å². The SMILES string of the molecule is O=C(OCc1ccccc1)N1C2C=C(c3cnc(-n4ccnc4)nc3)CC1CC2. The Morgan fingerprint density at radius 1 is 1.14 bits per heavy atom. The lowest BCUT2D eigenvalue weighted by molar-refractivity contribution is 0.0832. The summed E-state index contributed by atoms with van der Waals surface area (Å²) in [6.07, 6.45) is 13.6. The molecular weight excluding hydrogens is 366 g/mol. The number of aromatic nitrogens is 4. The van der Waals surface area contributed by atoms with E-state index in [2.05, 4.69) is 21.0 Å². The number of amides is 1. The van der Waals surface area contributed by atoms with E-state index in [1.807, 2.05) is 53.8 Å². The number of fused-ring (bicyclic) bond motifs is 2. The number of benzene rings is 1.